The van der Waals surface area contributed by atoms with E-state index in [4.69, 9.17) is 10.8 Å². The molecule has 0 bridgehead atoms. The molecule has 0 aromatic heterocycles. The Hall–Kier alpha value is -0.610. The molecule has 1 rings (SSSR count). The summed E-state index contributed by atoms with van der Waals surface area (Å²) >= 11 is 0. The molecular weight excluding hydrogens is 132 g/mol. The van der Waals surface area contributed by atoms with Gasteiger partial charge in [-0.2, -0.15) is 0 Å². The van der Waals surface area contributed by atoms with Crippen LogP contribution in [0.4, 0.5) is 0 Å². The molecule has 0 aromatic rings. The van der Waals surface area contributed by atoms with Crippen molar-refractivity contribution in [3.05, 3.63) is 0 Å². The summed E-state index contributed by atoms with van der Waals surface area (Å²) in [6.07, 6.45) is -0.331. The summed E-state index contributed by atoms with van der Waals surface area (Å²) in [5, 5.41) is 8.81. The molecule has 0 saturated carbocycles. The molecular formula is C6H12N2O2. The van der Waals surface area contributed by atoms with Gasteiger partial charge in [0.1, 0.15) is 0 Å². The number of rotatable bonds is 1. The molecule has 0 radical (unpaired) electrons. The summed E-state index contributed by atoms with van der Waals surface area (Å²) in [7, 11) is 0. The number of hydrogen-bond donors (Lipinski definition) is 2. The first kappa shape index (κ1) is 7.50. The van der Waals surface area contributed by atoms with Crippen molar-refractivity contribution in [3.63, 3.8) is 0 Å². The summed E-state index contributed by atoms with van der Waals surface area (Å²) < 4.78 is 0. The average Bonchev–Trinajstić information content (AvgIpc) is 1.79. The normalized spacial score (nSPS) is 22.1. The highest BCUT2D eigenvalue weighted by Gasteiger charge is 2.29. The third-order valence-corrected chi connectivity index (χ3v) is 1.56. The lowest BCUT2D eigenvalue weighted by Gasteiger charge is -2.36. The number of aliphatic hydroxyl groups is 1. The number of nitrogens with two attached hydrogens (primary N) is 1. The van der Waals surface area contributed by atoms with Crippen LogP contribution in [0, 0.1) is 0 Å². The van der Waals surface area contributed by atoms with Gasteiger partial charge in [0, 0.05) is 13.1 Å². The van der Waals surface area contributed by atoms with Crippen LogP contribution in [0.25, 0.3) is 0 Å². The second kappa shape index (κ2) is 2.56. The van der Waals surface area contributed by atoms with Gasteiger partial charge in [-0.3, -0.25) is 4.79 Å². The van der Waals surface area contributed by atoms with Gasteiger partial charge in [-0.1, -0.05) is 0 Å². The standard InChI is InChI=1S/C6H12N2O2/c1-4(7)6(10)8-2-5(9)3-8/h4-5,9H,2-3,7H2,1H3/t4-/m1/s1. The minimum absolute atomic E-state index is 0.0784. The van der Waals surface area contributed by atoms with Crippen molar-refractivity contribution < 1.29 is 9.90 Å². The smallest absolute Gasteiger partial charge is 0.239 e. The number of likely N-dealkylation sites (tertiary alicyclic amines) is 1. The SMILES string of the molecule is C[C@@H](N)C(=O)N1CC(O)C1. The molecule has 10 heavy (non-hydrogen) atoms. The quantitative estimate of drug-likeness (QED) is 0.472. The first-order chi connectivity index (χ1) is 4.61. The highest BCUT2D eigenvalue weighted by Crippen LogP contribution is 2.07. The highest BCUT2D eigenvalue weighted by molar-refractivity contribution is 5.81. The highest BCUT2D eigenvalue weighted by atomic mass is 16.3. The minimum atomic E-state index is -0.438. The van der Waals surface area contributed by atoms with E-state index in [1.807, 2.05) is 0 Å². The predicted molar refractivity (Wildman–Crippen MR) is 36.2 cm³/mol. The van der Waals surface area contributed by atoms with Crippen molar-refractivity contribution >= 4 is 5.91 Å². The molecule has 58 valence electrons. The van der Waals surface area contributed by atoms with Gasteiger partial charge in [0.05, 0.1) is 12.1 Å². The third kappa shape index (κ3) is 1.27. The van der Waals surface area contributed by atoms with Gasteiger partial charge in [0.15, 0.2) is 0 Å². The van der Waals surface area contributed by atoms with E-state index >= 15 is 0 Å². The minimum Gasteiger partial charge on any atom is -0.389 e. The van der Waals surface area contributed by atoms with Gasteiger partial charge in [0.2, 0.25) is 5.91 Å². The van der Waals surface area contributed by atoms with E-state index in [0.717, 1.165) is 0 Å². The van der Waals surface area contributed by atoms with Crippen LogP contribution in [-0.4, -0.2) is 41.1 Å². The fourth-order valence-corrected chi connectivity index (χ4v) is 0.923. The van der Waals surface area contributed by atoms with Gasteiger partial charge in [-0.25, -0.2) is 0 Å². The predicted octanol–water partition coefficient (Wildman–Crippen LogP) is -1.46. The average molecular weight is 144 g/mol. The Kier molecular flexibility index (Phi) is 1.92. The third-order valence-electron chi connectivity index (χ3n) is 1.56. The topological polar surface area (TPSA) is 66.6 Å². The first-order valence-electron chi connectivity index (χ1n) is 3.33. The summed E-state index contributed by atoms with van der Waals surface area (Å²) in [4.78, 5) is 12.5. The molecule has 1 fully saturated rings. The van der Waals surface area contributed by atoms with Gasteiger partial charge in [-0.15, -0.1) is 0 Å². The lowest BCUT2D eigenvalue weighted by atomic mass is 10.1. The molecule has 1 amide bonds. The van der Waals surface area contributed by atoms with Gasteiger partial charge in [0.25, 0.3) is 0 Å². The Morgan fingerprint density at radius 1 is 1.80 bits per heavy atom. The first-order valence-corrected chi connectivity index (χ1v) is 3.33. The van der Waals surface area contributed by atoms with Gasteiger partial charge < -0.3 is 15.7 Å². The van der Waals surface area contributed by atoms with Crippen molar-refractivity contribution in [2.45, 2.75) is 19.1 Å². The summed E-state index contributed by atoms with van der Waals surface area (Å²) in [5.41, 5.74) is 5.32. The zero-order valence-electron chi connectivity index (χ0n) is 5.95. The number of hydrogen-bond acceptors (Lipinski definition) is 3. The maximum Gasteiger partial charge on any atom is 0.239 e. The fourth-order valence-electron chi connectivity index (χ4n) is 0.923. The van der Waals surface area contributed by atoms with Crippen LogP contribution < -0.4 is 5.73 Å². The molecule has 1 atom stereocenters. The van der Waals surface area contributed by atoms with Crippen LogP contribution in [0.5, 0.6) is 0 Å². The van der Waals surface area contributed by atoms with Crippen LogP contribution in [-0.2, 0) is 4.79 Å². The molecule has 1 saturated heterocycles. The van der Waals surface area contributed by atoms with E-state index < -0.39 is 6.04 Å². The molecule has 1 aliphatic heterocycles. The summed E-state index contributed by atoms with van der Waals surface area (Å²) in [5.74, 6) is -0.0784. The van der Waals surface area contributed by atoms with Gasteiger partial charge >= 0.3 is 0 Å². The Bertz CT molecular complexity index is 141. The zero-order chi connectivity index (χ0) is 7.72. The van der Waals surface area contributed by atoms with Crippen molar-refractivity contribution in [3.8, 4) is 0 Å². The number of carbonyl (C=O) groups excluding carboxylic acids is 1. The zero-order valence-corrected chi connectivity index (χ0v) is 5.95. The number of carbonyl (C=O) groups is 1. The van der Waals surface area contributed by atoms with E-state index in [1.54, 1.807) is 11.8 Å². The number of aliphatic hydroxyl groups excluding tert-OH is 1. The maximum absolute atomic E-state index is 11.0. The number of nitrogens with zero attached hydrogens (tertiary/aromatic N) is 1. The van der Waals surface area contributed by atoms with E-state index in [0.29, 0.717) is 13.1 Å². The van der Waals surface area contributed by atoms with Crippen LogP contribution in [0.3, 0.4) is 0 Å². The molecule has 1 heterocycles. The summed E-state index contributed by atoms with van der Waals surface area (Å²) in [6.45, 7) is 2.54. The number of amides is 1. The molecule has 0 aliphatic carbocycles. The Labute approximate surface area is 59.6 Å². The largest absolute Gasteiger partial charge is 0.389 e. The van der Waals surface area contributed by atoms with E-state index in [-0.39, 0.29) is 12.0 Å². The summed E-state index contributed by atoms with van der Waals surface area (Å²) in [6, 6.07) is -0.438. The molecule has 4 nitrogen and oxygen atoms in total. The van der Waals surface area contributed by atoms with E-state index in [1.165, 1.54) is 0 Å². The molecule has 3 N–H and O–H groups in total. The van der Waals surface area contributed by atoms with Crippen molar-refractivity contribution in [1.29, 1.82) is 0 Å². The van der Waals surface area contributed by atoms with Crippen LogP contribution in [0.2, 0.25) is 0 Å². The Morgan fingerprint density at radius 2 is 2.30 bits per heavy atom. The fraction of sp³-hybridized carbons (Fsp3) is 0.833. The molecule has 0 spiro atoms. The van der Waals surface area contributed by atoms with Crippen molar-refractivity contribution in [2.75, 3.05) is 13.1 Å². The van der Waals surface area contributed by atoms with Gasteiger partial charge in [-0.05, 0) is 6.92 Å². The Balaban J connectivity index is 2.31. The van der Waals surface area contributed by atoms with Crippen LogP contribution in [0.1, 0.15) is 6.92 Å². The number of β-amino-alcohol motifs (C(OH)–C–C–N with tert-alkyl or cyclic N) is 1. The van der Waals surface area contributed by atoms with Crippen molar-refractivity contribution in [1.82, 2.24) is 4.90 Å². The molecule has 0 aromatic carbocycles. The van der Waals surface area contributed by atoms with Crippen molar-refractivity contribution in [2.24, 2.45) is 5.73 Å². The lowest BCUT2D eigenvalue weighted by Crippen LogP contribution is -2.57. The van der Waals surface area contributed by atoms with E-state index in [2.05, 4.69) is 0 Å². The molecule has 1 aliphatic rings. The second-order valence-corrected chi connectivity index (χ2v) is 2.69. The Morgan fingerprint density at radius 3 is 2.60 bits per heavy atom. The maximum atomic E-state index is 11.0. The molecule has 4 heteroatoms. The monoisotopic (exact) mass is 144 g/mol. The second-order valence-electron chi connectivity index (χ2n) is 2.69. The lowest BCUT2D eigenvalue weighted by molar-refractivity contribution is -0.142. The molecule has 0 unspecified atom stereocenters. The van der Waals surface area contributed by atoms with Crippen LogP contribution in [0.15, 0.2) is 0 Å². The van der Waals surface area contributed by atoms with E-state index in [9.17, 15) is 4.79 Å². The van der Waals surface area contributed by atoms with Crippen LogP contribution >= 0.6 is 0 Å².